The molecule has 7 atom stereocenters. The molecule has 3 aliphatic heterocycles. The third-order valence-electron chi connectivity index (χ3n) is 5.16. The first-order valence-electron chi connectivity index (χ1n) is 7.31. The number of allylic oxidation sites excluding steroid dienone is 1. The van der Waals surface area contributed by atoms with Crippen molar-refractivity contribution >= 4 is 0 Å². The van der Waals surface area contributed by atoms with Gasteiger partial charge >= 0.3 is 0 Å². The van der Waals surface area contributed by atoms with Crippen LogP contribution in [-0.4, -0.2) is 57.5 Å². The van der Waals surface area contributed by atoms with Crippen LogP contribution in [0.25, 0.3) is 0 Å². The molecule has 4 fully saturated rings. The minimum absolute atomic E-state index is 0.302. The topological polar surface area (TPSA) is 74.8 Å². The van der Waals surface area contributed by atoms with Crippen molar-refractivity contribution in [1.82, 2.24) is 0 Å². The van der Waals surface area contributed by atoms with Crippen LogP contribution < -0.4 is 0 Å². The van der Waals surface area contributed by atoms with Crippen molar-refractivity contribution in [3.63, 3.8) is 0 Å². The van der Waals surface area contributed by atoms with Crippen LogP contribution in [0.5, 0.6) is 0 Å². The monoisotopic (exact) mass is 292 g/mol. The zero-order valence-corrected chi connectivity index (χ0v) is 12.4. The minimum atomic E-state index is -0.910. The van der Waals surface area contributed by atoms with Crippen molar-refractivity contribution in [2.24, 2.45) is 0 Å². The van der Waals surface area contributed by atoms with Crippen LogP contribution in [0.15, 0.2) is 12.2 Å². The second-order valence-corrected chi connectivity index (χ2v) is 7.16. The maximum absolute atomic E-state index is 10.5. The van der Waals surface area contributed by atoms with Gasteiger partial charge in [0.2, 0.25) is 0 Å². The number of aliphatic hydroxyl groups excluding tert-OH is 2. The minimum Gasteiger partial charge on any atom is -0.390 e. The van der Waals surface area contributed by atoms with Crippen molar-refractivity contribution in [3.8, 4) is 11.8 Å². The van der Waals surface area contributed by atoms with E-state index in [0.717, 1.165) is 5.57 Å². The smallest absolute Gasteiger partial charge is 0.186 e. The Morgan fingerprint density at radius 3 is 2.52 bits per heavy atom. The quantitative estimate of drug-likeness (QED) is 0.491. The van der Waals surface area contributed by atoms with E-state index in [2.05, 4.69) is 18.4 Å². The maximum atomic E-state index is 10.5. The Morgan fingerprint density at radius 1 is 1.14 bits per heavy atom. The number of ether oxygens (including phenoxy) is 3. The molecule has 4 rings (SSSR count). The van der Waals surface area contributed by atoms with Crippen molar-refractivity contribution in [1.29, 1.82) is 0 Å². The number of epoxide rings is 2. The average molecular weight is 292 g/mol. The molecule has 0 radical (unpaired) electrons. The molecule has 3 saturated heterocycles. The molecule has 0 aromatic carbocycles. The van der Waals surface area contributed by atoms with Crippen LogP contribution in [0, 0.1) is 11.8 Å². The predicted molar refractivity (Wildman–Crippen MR) is 73.4 cm³/mol. The Morgan fingerprint density at radius 2 is 1.86 bits per heavy atom. The lowest BCUT2D eigenvalue weighted by Crippen LogP contribution is -2.62. The summed E-state index contributed by atoms with van der Waals surface area (Å²) in [7, 11) is 0. The number of hydrogen-bond acceptors (Lipinski definition) is 5. The third-order valence-corrected chi connectivity index (χ3v) is 5.16. The first-order valence-corrected chi connectivity index (χ1v) is 7.31. The Kier molecular flexibility index (Phi) is 2.42. The maximum Gasteiger partial charge on any atom is 0.186 e. The van der Waals surface area contributed by atoms with Crippen LogP contribution in [0.1, 0.15) is 27.2 Å². The van der Waals surface area contributed by atoms with E-state index in [0.29, 0.717) is 6.42 Å². The van der Waals surface area contributed by atoms with Gasteiger partial charge in [0.05, 0.1) is 11.7 Å². The van der Waals surface area contributed by atoms with Gasteiger partial charge in [0, 0.05) is 6.42 Å². The fourth-order valence-corrected chi connectivity index (χ4v) is 3.72. The lowest BCUT2D eigenvalue weighted by atomic mass is 9.72. The average Bonchev–Trinajstić information content (AvgIpc) is 3.25. The highest BCUT2D eigenvalue weighted by Crippen LogP contribution is 2.65. The third kappa shape index (κ3) is 1.60. The van der Waals surface area contributed by atoms with Gasteiger partial charge in [-0.25, -0.2) is 0 Å². The van der Waals surface area contributed by atoms with E-state index in [1.807, 2.05) is 20.8 Å². The predicted octanol–water partition coefficient (Wildman–Crippen LogP) is 0.144. The van der Waals surface area contributed by atoms with E-state index >= 15 is 0 Å². The van der Waals surface area contributed by atoms with Crippen molar-refractivity contribution in [2.45, 2.75) is 74.5 Å². The molecule has 1 saturated carbocycles. The second kappa shape index (κ2) is 3.70. The van der Waals surface area contributed by atoms with Crippen LogP contribution in [0.2, 0.25) is 0 Å². The van der Waals surface area contributed by atoms with Crippen molar-refractivity contribution in [2.75, 3.05) is 0 Å². The lowest BCUT2D eigenvalue weighted by molar-refractivity contribution is -0.205. The molecule has 5 heteroatoms. The summed E-state index contributed by atoms with van der Waals surface area (Å²) in [6.45, 7) is 9.28. The molecule has 1 spiro atoms. The first-order chi connectivity index (χ1) is 9.73. The van der Waals surface area contributed by atoms with Crippen molar-refractivity contribution < 1.29 is 24.4 Å². The molecule has 0 bridgehead atoms. The van der Waals surface area contributed by atoms with Gasteiger partial charge in [0.1, 0.15) is 30.0 Å². The molecule has 2 N–H and O–H groups in total. The molecular formula is C16H20O5. The van der Waals surface area contributed by atoms with E-state index in [9.17, 15) is 10.2 Å². The van der Waals surface area contributed by atoms with E-state index in [4.69, 9.17) is 14.2 Å². The van der Waals surface area contributed by atoms with E-state index in [1.165, 1.54) is 0 Å². The summed E-state index contributed by atoms with van der Waals surface area (Å²) in [4.78, 5) is 0. The number of aliphatic hydroxyl groups is 2. The standard InChI is InChI=1S/C16H20O5/c1-8(2)5-6-15-10(18)11-16(20-11)7-9(17)14(3,4)19-13(16)12(15)21-15/h9-13,17-18H,1,7H2,2-4H3/t9-,10+,11+,12+,13+,15-,16+/m1/s1. The van der Waals surface area contributed by atoms with Gasteiger partial charge in [0.25, 0.3) is 0 Å². The fourth-order valence-electron chi connectivity index (χ4n) is 3.72. The highest BCUT2D eigenvalue weighted by atomic mass is 16.7. The second-order valence-electron chi connectivity index (χ2n) is 7.16. The Bertz CT molecular complexity index is 587. The number of fused-ring (bicyclic) bond motifs is 2. The van der Waals surface area contributed by atoms with Gasteiger partial charge in [-0.3, -0.25) is 0 Å². The number of rotatable bonds is 0. The number of hydrogen-bond donors (Lipinski definition) is 2. The van der Waals surface area contributed by atoms with Gasteiger partial charge in [-0.2, -0.15) is 0 Å². The molecule has 1 aliphatic carbocycles. The molecule has 4 aliphatic rings. The molecule has 0 amide bonds. The fraction of sp³-hybridized carbons (Fsp3) is 0.750. The Balaban J connectivity index is 1.68. The zero-order chi connectivity index (χ0) is 15.2. The molecule has 5 nitrogen and oxygen atoms in total. The summed E-state index contributed by atoms with van der Waals surface area (Å²) >= 11 is 0. The van der Waals surface area contributed by atoms with Gasteiger partial charge in [-0.1, -0.05) is 18.4 Å². The molecule has 21 heavy (non-hydrogen) atoms. The summed E-state index contributed by atoms with van der Waals surface area (Å²) in [6, 6.07) is 0. The van der Waals surface area contributed by atoms with Crippen LogP contribution in [-0.2, 0) is 14.2 Å². The summed E-state index contributed by atoms with van der Waals surface area (Å²) in [5.74, 6) is 5.90. The molecule has 114 valence electrons. The first kappa shape index (κ1) is 13.7. The van der Waals surface area contributed by atoms with Crippen LogP contribution in [0.4, 0.5) is 0 Å². The van der Waals surface area contributed by atoms with Crippen LogP contribution in [0.3, 0.4) is 0 Å². The van der Waals surface area contributed by atoms with Gasteiger partial charge < -0.3 is 24.4 Å². The van der Waals surface area contributed by atoms with E-state index in [-0.39, 0.29) is 18.3 Å². The van der Waals surface area contributed by atoms with Gasteiger partial charge in [-0.15, -0.1) is 0 Å². The normalized spacial score (nSPS) is 55.2. The zero-order valence-electron chi connectivity index (χ0n) is 12.4. The Labute approximate surface area is 123 Å². The van der Waals surface area contributed by atoms with Gasteiger partial charge in [0.15, 0.2) is 5.60 Å². The van der Waals surface area contributed by atoms with E-state index < -0.39 is 29.0 Å². The van der Waals surface area contributed by atoms with Gasteiger partial charge in [-0.05, 0) is 26.3 Å². The largest absolute Gasteiger partial charge is 0.390 e. The highest BCUT2D eigenvalue weighted by Gasteiger charge is 2.85. The molecule has 3 heterocycles. The SMILES string of the molecule is C=C(C)C#C[C@]12O[C@H]1[C@@H]1OC(C)(C)[C@H](O)C[C@@]13O[C@H]3[C@@H]2O. The molecule has 0 aromatic rings. The summed E-state index contributed by atoms with van der Waals surface area (Å²) in [5.41, 5.74) is -1.47. The summed E-state index contributed by atoms with van der Waals surface area (Å²) in [5, 5.41) is 20.8. The summed E-state index contributed by atoms with van der Waals surface area (Å²) in [6.07, 6.45) is -1.99. The molecule has 0 aromatic heterocycles. The molecular weight excluding hydrogens is 272 g/mol. The van der Waals surface area contributed by atoms with Crippen LogP contribution >= 0.6 is 0 Å². The Hall–Kier alpha value is -0.900. The van der Waals surface area contributed by atoms with E-state index in [1.54, 1.807) is 0 Å². The summed E-state index contributed by atoms with van der Waals surface area (Å²) < 4.78 is 17.6. The van der Waals surface area contributed by atoms with Crippen molar-refractivity contribution in [3.05, 3.63) is 12.2 Å². The molecule has 0 unspecified atom stereocenters. The highest BCUT2D eigenvalue weighted by molar-refractivity contribution is 5.43. The lowest BCUT2D eigenvalue weighted by Gasteiger charge is -2.45.